The van der Waals surface area contributed by atoms with E-state index in [4.69, 9.17) is 10.5 Å². The number of carbonyl (C=O) groups is 1. The molecule has 0 bridgehead atoms. The van der Waals surface area contributed by atoms with Gasteiger partial charge in [0.05, 0.1) is 13.2 Å². The summed E-state index contributed by atoms with van der Waals surface area (Å²) in [5, 5.41) is 3.18. The van der Waals surface area contributed by atoms with Gasteiger partial charge in [-0.15, -0.1) is 0 Å². The van der Waals surface area contributed by atoms with Gasteiger partial charge in [-0.2, -0.15) is 0 Å². The van der Waals surface area contributed by atoms with Crippen LogP contribution in [0.1, 0.15) is 50.6 Å². The number of nitrogens with two attached hydrogens (primary N) is 1. The van der Waals surface area contributed by atoms with Crippen LogP contribution in [0.2, 0.25) is 0 Å². The Balaban J connectivity index is 2.03. The van der Waals surface area contributed by atoms with Crippen LogP contribution in [0.3, 0.4) is 0 Å². The number of methoxy groups -OCH3 is 1. The Bertz CT molecular complexity index is 468. The van der Waals surface area contributed by atoms with Gasteiger partial charge in [-0.05, 0) is 38.2 Å². The Hall–Kier alpha value is -1.55. The van der Waals surface area contributed by atoms with Crippen LogP contribution < -0.4 is 15.8 Å². The van der Waals surface area contributed by atoms with E-state index in [1.807, 2.05) is 24.3 Å². The molecule has 0 aliphatic heterocycles. The lowest BCUT2D eigenvalue weighted by molar-refractivity contribution is -0.126. The number of ether oxygens (including phenoxy) is 1. The Morgan fingerprint density at radius 3 is 2.62 bits per heavy atom. The van der Waals surface area contributed by atoms with Crippen LogP contribution in [0.4, 0.5) is 0 Å². The monoisotopic (exact) mass is 290 g/mol. The van der Waals surface area contributed by atoms with Gasteiger partial charge in [0.25, 0.3) is 0 Å². The molecule has 4 heteroatoms. The second kappa shape index (κ2) is 7.46. The summed E-state index contributed by atoms with van der Waals surface area (Å²) in [7, 11) is 1.66. The van der Waals surface area contributed by atoms with Gasteiger partial charge in [-0.1, -0.05) is 25.1 Å². The molecular weight excluding hydrogens is 264 g/mol. The maximum Gasteiger partial charge on any atom is 0.223 e. The van der Waals surface area contributed by atoms with Crippen LogP contribution in [0.15, 0.2) is 24.3 Å². The van der Waals surface area contributed by atoms with Gasteiger partial charge in [0.1, 0.15) is 5.75 Å². The van der Waals surface area contributed by atoms with Crippen molar-refractivity contribution >= 4 is 5.91 Å². The number of benzene rings is 1. The van der Waals surface area contributed by atoms with Gasteiger partial charge >= 0.3 is 0 Å². The van der Waals surface area contributed by atoms with Crippen molar-refractivity contribution in [1.82, 2.24) is 5.32 Å². The average molecular weight is 290 g/mol. The summed E-state index contributed by atoms with van der Waals surface area (Å²) in [6.07, 6.45) is 4.54. The van der Waals surface area contributed by atoms with Crippen molar-refractivity contribution in [2.45, 2.75) is 51.1 Å². The number of carbonyl (C=O) groups excluding carboxylic acids is 1. The normalized spacial score (nSPS) is 23.4. The first-order chi connectivity index (χ1) is 10.2. The molecule has 3 N–H and O–H groups in total. The number of para-hydroxylation sites is 1. The third kappa shape index (κ3) is 3.97. The Labute approximate surface area is 127 Å². The van der Waals surface area contributed by atoms with Gasteiger partial charge < -0.3 is 15.8 Å². The minimum absolute atomic E-state index is 0.00394. The van der Waals surface area contributed by atoms with E-state index in [0.717, 1.165) is 43.4 Å². The van der Waals surface area contributed by atoms with Gasteiger partial charge in [-0.3, -0.25) is 4.79 Å². The third-order valence-corrected chi connectivity index (χ3v) is 4.38. The quantitative estimate of drug-likeness (QED) is 0.876. The number of amides is 1. The Kier molecular flexibility index (Phi) is 5.62. The van der Waals surface area contributed by atoms with Crippen LogP contribution in [0.25, 0.3) is 0 Å². The number of rotatable bonds is 5. The fourth-order valence-electron chi connectivity index (χ4n) is 3.02. The topological polar surface area (TPSA) is 64.4 Å². The van der Waals surface area contributed by atoms with Gasteiger partial charge in [0.15, 0.2) is 0 Å². The van der Waals surface area contributed by atoms with Crippen LogP contribution >= 0.6 is 0 Å². The van der Waals surface area contributed by atoms with Gasteiger partial charge in [0, 0.05) is 17.5 Å². The zero-order chi connectivity index (χ0) is 15.2. The fraction of sp³-hybridized carbons (Fsp3) is 0.588. The minimum Gasteiger partial charge on any atom is -0.496 e. The van der Waals surface area contributed by atoms with Crippen molar-refractivity contribution in [2.24, 2.45) is 11.7 Å². The van der Waals surface area contributed by atoms with E-state index in [2.05, 4.69) is 12.2 Å². The highest BCUT2D eigenvalue weighted by Gasteiger charge is 2.26. The highest BCUT2D eigenvalue weighted by molar-refractivity contribution is 5.79. The summed E-state index contributed by atoms with van der Waals surface area (Å²) in [4.78, 5) is 12.5. The van der Waals surface area contributed by atoms with Gasteiger partial charge in [0.2, 0.25) is 5.91 Å². The SMILES string of the molecule is CCC(NC(=O)C1CCC(N)CC1)c1ccccc1OC. The lowest BCUT2D eigenvalue weighted by Gasteiger charge is -2.27. The molecule has 4 nitrogen and oxygen atoms in total. The predicted octanol–water partition coefficient (Wildman–Crippen LogP) is 2.78. The maximum atomic E-state index is 12.5. The molecule has 1 aliphatic rings. The lowest BCUT2D eigenvalue weighted by Crippen LogP contribution is -2.38. The number of nitrogens with one attached hydrogen (secondary N) is 1. The van der Waals surface area contributed by atoms with E-state index < -0.39 is 0 Å². The molecule has 1 aliphatic carbocycles. The molecule has 2 rings (SSSR count). The van der Waals surface area contributed by atoms with Crippen LogP contribution in [0.5, 0.6) is 5.75 Å². The molecule has 0 spiro atoms. The van der Waals surface area contributed by atoms with Crippen LogP contribution in [0, 0.1) is 5.92 Å². The van der Waals surface area contributed by atoms with Crippen molar-refractivity contribution in [3.63, 3.8) is 0 Å². The molecule has 1 fully saturated rings. The molecule has 0 radical (unpaired) electrons. The second-order valence-corrected chi connectivity index (χ2v) is 5.82. The molecule has 1 aromatic carbocycles. The van der Waals surface area contributed by atoms with Crippen LogP contribution in [-0.4, -0.2) is 19.1 Å². The molecule has 0 saturated heterocycles. The third-order valence-electron chi connectivity index (χ3n) is 4.38. The smallest absolute Gasteiger partial charge is 0.223 e. The summed E-state index contributed by atoms with van der Waals surface area (Å²) >= 11 is 0. The predicted molar refractivity (Wildman–Crippen MR) is 84.1 cm³/mol. The van der Waals surface area contributed by atoms with E-state index >= 15 is 0 Å². The first-order valence-corrected chi connectivity index (χ1v) is 7.84. The molecule has 1 atom stereocenters. The Morgan fingerprint density at radius 2 is 2.00 bits per heavy atom. The van der Waals surface area contributed by atoms with Crippen molar-refractivity contribution in [2.75, 3.05) is 7.11 Å². The van der Waals surface area contributed by atoms with Crippen molar-refractivity contribution < 1.29 is 9.53 Å². The summed E-state index contributed by atoms with van der Waals surface area (Å²) in [5.41, 5.74) is 6.95. The first-order valence-electron chi connectivity index (χ1n) is 7.84. The van der Waals surface area contributed by atoms with E-state index in [-0.39, 0.29) is 23.9 Å². The molecule has 0 aromatic heterocycles. The number of hydrogen-bond donors (Lipinski definition) is 2. The summed E-state index contributed by atoms with van der Waals surface area (Å²) in [6, 6.07) is 8.15. The first kappa shape index (κ1) is 15.8. The molecule has 1 unspecified atom stereocenters. The second-order valence-electron chi connectivity index (χ2n) is 5.82. The van der Waals surface area contributed by atoms with Gasteiger partial charge in [-0.25, -0.2) is 0 Å². The lowest BCUT2D eigenvalue weighted by atomic mass is 9.85. The molecule has 1 saturated carbocycles. The van der Waals surface area contributed by atoms with E-state index in [0.29, 0.717) is 0 Å². The fourth-order valence-corrected chi connectivity index (χ4v) is 3.02. The zero-order valence-corrected chi connectivity index (χ0v) is 13.0. The molecule has 1 aromatic rings. The summed E-state index contributed by atoms with van der Waals surface area (Å²) in [6.45, 7) is 2.08. The summed E-state index contributed by atoms with van der Waals surface area (Å²) < 4.78 is 5.40. The zero-order valence-electron chi connectivity index (χ0n) is 13.0. The number of hydrogen-bond acceptors (Lipinski definition) is 3. The average Bonchev–Trinajstić information content (AvgIpc) is 2.53. The maximum absolute atomic E-state index is 12.5. The molecule has 21 heavy (non-hydrogen) atoms. The highest BCUT2D eigenvalue weighted by Crippen LogP contribution is 2.29. The minimum atomic E-state index is 0.00394. The van der Waals surface area contributed by atoms with Crippen molar-refractivity contribution in [1.29, 1.82) is 0 Å². The highest BCUT2D eigenvalue weighted by atomic mass is 16.5. The molecule has 1 amide bonds. The molecular formula is C17H26N2O2. The molecule has 116 valence electrons. The molecule has 0 heterocycles. The van der Waals surface area contributed by atoms with E-state index in [9.17, 15) is 4.79 Å². The standard InChI is InChI=1S/C17H26N2O2/c1-3-15(14-6-4-5-7-16(14)21-2)19-17(20)12-8-10-13(18)11-9-12/h4-7,12-13,15H,3,8-11,18H2,1-2H3,(H,19,20). The van der Waals surface area contributed by atoms with E-state index in [1.165, 1.54) is 0 Å². The summed E-state index contributed by atoms with van der Waals surface area (Å²) in [5.74, 6) is 1.09. The van der Waals surface area contributed by atoms with Crippen LogP contribution in [-0.2, 0) is 4.79 Å². The largest absolute Gasteiger partial charge is 0.496 e. The van der Waals surface area contributed by atoms with Crippen molar-refractivity contribution in [3.8, 4) is 5.75 Å². The van der Waals surface area contributed by atoms with Crippen molar-refractivity contribution in [3.05, 3.63) is 29.8 Å². The Morgan fingerprint density at radius 1 is 1.33 bits per heavy atom. The van der Waals surface area contributed by atoms with E-state index in [1.54, 1.807) is 7.11 Å².